The highest BCUT2D eigenvalue weighted by Gasteiger charge is 2.41. The van der Waals surface area contributed by atoms with E-state index in [0.717, 1.165) is 0 Å². The van der Waals surface area contributed by atoms with Crippen molar-refractivity contribution in [2.24, 2.45) is 0 Å². The van der Waals surface area contributed by atoms with Crippen molar-refractivity contribution in [3.63, 3.8) is 0 Å². The summed E-state index contributed by atoms with van der Waals surface area (Å²) in [5.41, 5.74) is -2.76. The van der Waals surface area contributed by atoms with Gasteiger partial charge in [0.1, 0.15) is 11.5 Å². The van der Waals surface area contributed by atoms with E-state index < -0.39 is 128 Å². The Morgan fingerprint density at radius 3 is 0.920 bits per heavy atom. The van der Waals surface area contributed by atoms with Gasteiger partial charge >= 0.3 is 65.2 Å². The first-order chi connectivity index (χ1) is 22.1. The molecule has 0 radical (unpaired) electrons. The molecular formula is C21H14F12O13S4. The van der Waals surface area contributed by atoms with E-state index in [1.165, 1.54) is 0 Å². The monoisotopic (exact) mass is 830 g/mol. The van der Waals surface area contributed by atoms with Gasteiger partial charge in [-0.1, -0.05) is 0 Å². The molecule has 0 unspecified atom stereocenters. The maximum atomic E-state index is 13.4. The van der Waals surface area contributed by atoms with E-state index in [1.54, 1.807) is 0 Å². The number of hydrogen-bond acceptors (Lipinski definition) is 13. The van der Waals surface area contributed by atoms with Crippen LogP contribution in [0.4, 0.5) is 52.7 Å². The van der Waals surface area contributed by atoms with Crippen LogP contribution in [0.15, 0.2) is 36.4 Å². The Bertz CT molecular complexity index is 1890. The second-order valence-corrected chi connectivity index (χ2v) is 15.5. The minimum Gasteiger partial charge on any atom is -0.382 e. The lowest BCUT2D eigenvalue weighted by Gasteiger charge is -2.16. The first-order valence-electron chi connectivity index (χ1n) is 11.8. The maximum absolute atomic E-state index is 13.4. The van der Waals surface area contributed by atoms with Gasteiger partial charge in [0.25, 0.3) is 0 Å². The molecule has 0 saturated carbocycles. The van der Waals surface area contributed by atoms with Crippen LogP contribution in [-0.4, -0.2) is 87.2 Å². The molecule has 0 aliphatic carbocycles. The highest BCUT2D eigenvalue weighted by molar-refractivity contribution is 7.87. The Balaban J connectivity index is 2.79. The molecule has 0 atom stereocenters. The number of benzene rings is 2. The highest BCUT2D eigenvalue weighted by atomic mass is 32.2. The van der Waals surface area contributed by atoms with Gasteiger partial charge in [-0.2, -0.15) is 86.4 Å². The fourth-order valence-corrected chi connectivity index (χ4v) is 6.71. The van der Waals surface area contributed by atoms with Crippen molar-refractivity contribution in [1.29, 1.82) is 0 Å². The highest BCUT2D eigenvalue weighted by Crippen LogP contribution is 2.36. The molecule has 284 valence electrons. The normalized spacial score (nSPS) is 13.8. The van der Waals surface area contributed by atoms with Gasteiger partial charge in [0.15, 0.2) is 34.5 Å². The van der Waals surface area contributed by atoms with Gasteiger partial charge in [0.05, 0.1) is 11.1 Å². The van der Waals surface area contributed by atoms with Gasteiger partial charge < -0.3 is 16.7 Å². The topological polar surface area (TPSA) is 191 Å². The minimum atomic E-state index is -5.91. The Kier molecular flexibility index (Phi) is 12.0. The molecule has 0 aliphatic rings. The minimum absolute atomic E-state index is 0.0583. The SMILES string of the molecule is O=C(c1ccc(OS(=O)(=O)CC(F)(F)F)cc1OS(=O)(=O)CC(F)(F)F)c1ccc(OS(=O)(=O)CC(F)(F)F)cc1OS(=O)(=O)CC(F)(F)F. The first-order valence-corrected chi connectivity index (χ1v) is 18.1. The summed E-state index contributed by atoms with van der Waals surface area (Å²) in [6.45, 7) is 0. The zero-order valence-electron chi connectivity index (χ0n) is 23.3. The van der Waals surface area contributed by atoms with Crippen molar-refractivity contribution < 1.29 is 108 Å². The van der Waals surface area contributed by atoms with Crippen molar-refractivity contribution in [3.05, 3.63) is 47.5 Å². The zero-order chi connectivity index (χ0) is 38.9. The third-order valence-electron chi connectivity index (χ3n) is 4.64. The summed E-state index contributed by atoms with van der Waals surface area (Å²) >= 11 is 0. The first kappa shape index (κ1) is 42.4. The predicted molar refractivity (Wildman–Crippen MR) is 138 cm³/mol. The molecule has 0 saturated heterocycles. The number of carbonyl (C=O) groups is 1. The molecule has 2 aromatic carbocycles. The molecule has 29 heteroatoms. The maximum Gasteiger partial charge on any atom is 0.406 e. The van der Waals surface area contributed by atoms with Crippen LogP contribution in [0.25, 0.3) is 0 Å². The predicted octanol–water partition coefficient (Wildman–Crippen LogP) is 4.00. The molecule has 2 aromatic rings. The Hall–Kier alpha value is -3.73. The lowest BCUT2D eigenvalue weighted by atomic mass is 10.0. The molecule has 0 bridgehead atoms. The van der Waals surface area contributed by atoms with Gasteiger partial charge in [0.2, 0.25) is 5.78 Å². The van der Waals surface area contributed by atoms with Crippen LogP contribution in [-0.2, 0) is 40.5 Å². The number of halogens is 12. The Morgan fingerprint density at radius 1 is 0.440 bits per heavy atom. The van der Waals surface area contributed by atoms with Crippen molar-refractivity contribution in [3.8, 4) is 23.0 Å². The van der Waals surface area contributed by atoms with Crippen molar-refractivity contribution >= 4 is 46.3 Å². The van der Waals surface area contributed by atoms with Crippen molar-refractivity contribution in [2.45, 2.75) is 24.7 Å². The molecule has 0 N–H and O–H groups in total. The Morgan fingerprint density at radius 2 is 0.680 bits per heavy atom. The second kappa shape index (κ2) is 14.1. The molecule has 2 rings (SSSR count). The van der Waals surface area contributed by atoms with E-state index in [9.17, 15) is 91.2 Å². The third-order valence-corrected chi connectivity index (χ3v) is 9.12. The van der Waals surface area contributed by atoms with E-state index in [2.05, 4.69) is 16.7 Å². The third kappa shape index (κ3) is 15.0. The molecule has 0 amide bonds. The largest absolute Gasteiger partial charge is 0.406 e. The standard InChI is InChI=1S/C21H14F12O13S4/c22-18(23,24)7-47(35,36)43-11-1-3-13(15(5-11)45-49(39,40)9-20(28,29)30)17(34)14-4-2-12(44-48(37,38)8-19(25,26)27)6-16(14)46-50(41,42)10-21(31,32)33/h1-6H,7-10H2. The van der Waals surface area contributed by atoms with Crippen LogP contribution in [0, 0.1) is 0 Å². The molecule has 50 heavy (non-hydrogen) atoms. The molecule has 0 aromatic heterocycles. The average molecular weight is 831 g/mol. The van der Waals surface area contributed by atoms with Crippen LogP contribution < -0.4 is 16.7 Å². The number of hydrogen-bond donors (Lipinski definition) is 0. The summed E-state index contributed by atoms with van der Waals surface area (Å²) in [7, 11) is -23.1. The van der Waals surface area contributed by atoms with Crippen LogP contribution >= 0.6 is 0 Å². The van der Waals surface area contributed by atoms with Gasteiger partial charge in [-0.25, -0.2) is 0 Å². The van der Waals surface area contributed by atoms with E-state index >= 15 is 0 Å². The fourth-order valence-electron chi connectivity index (χ4n) is 3.25. The zero-order valence-corrected chi connectivity index (χ0v) is 26.5. The summed E-state index contributed by atoms with van der Waals surface area (Å²) in [4.78, 5) is 13.4. The molecule has 0 fully saturated rings. The number of carbonyl (C=O) groups excluding carboxylic acids is 1. The molecule has 0 heterocycles. The fraction of sp³-hybridized carbons (Fsp3) is 0.381. The van der Waals surface area contributed by atoms with Gasteiger partial charge in [0, 0.05) is 12.1 Å². The summed E-state index contributed by atoms with van der Waals surface area (Å²) in [6, 6.07) is 0.824. The van der Waals surface area contributed by atoms with E-state index in [4.69, 9.17) is 0 Å². The lowest BCUT2D eigenvalue weighted by Crippen LogP contribution is -2.28. The number of ketones is 1. The summed E-state index contributed by atoms with van der Waals surface area (Å²) in [5.74, 6) is -19.0. The molecule has 0 spiro atoms. The van der Waals surface area contributed by atoms with Crippen molar-refractivity contribution in [1.82, 2.24) is 0 Å². The van der Waals surface area contributed by atoms with Crippen LogP contribution in [0.5, 0.6) is 23.0 Å². The molecular weight excluding hydrogens is 816 g/mol. The number of rotatable bonds is 14. The van der Waals surface area contributed by atoms with Gasteiger partial charge in [-0.05, 0) is 24.3 Å². The summed E-state index contributed by atoms with van der Waals surface area (Å²) in [5, 5.41) is 0. The van der Waals surface area contributed by atoms with Gasteiger partial charge in [-0.15, -0.1) is 0 Å². The van der Waals surface area contributed by atoms with Crippen molar-refractivity contribution in [2.75, 3.05) is 23.0 Å². The van der Waals surface area contributed by atoms with Crippen LogP contribution in [0.1, 0.15) is 15.9 Å². The average Bonchev–Trinajstić information content (AvgIpc) is 2.76. The summed E-state index contributed by atoms with van der Waals surface area (Å²) < 4.78 is 264. The molecule has 0 aliphatic heterocycles. The number of alkyl halides is 12. The van der Waals surface area contributed by atoms with E-state index in [1.807, 2.05) is 0 Å². The lowest BCUT2D eigenvalue weighted by molar-refractivity contribution is -0.108. The summed E-state index contributed by atoms with van der Waals surface area (Å²) in [6.07, 6.45) is -22.0. The van der Waals surface area contributed by atoms with Gasteiger partial charge in [-0.3, -0.25) is 4.79 Å². The second-order valence-electron chi connectivity index (χ2n) is 9.25. The van der Waals surface area contributed by atoms with E-state index in [-0.39, 0.29) is 36.4 Å². The quantitative estimate of drug-likeness (QED) is 0.151. The molecule has 13 nitrogen and oxygen atoms in total. The van der Waals surface area contributed by atoms with Crippen LogP contribution in [0.2, 0.25) is 0 Å². The Labute approximate surface area is 272 Å². The van der Waals surface area contributed by atoms with Crippen LogP contribution in [0.3, 0.4) is 0 Å². The smallest absolute Gasteiger partial charge is 0.382 e. The van der Waals surface area contributed by atoms with E-state index in [0.29, 0.717) is 0 Å².